The van der Waals surface area contributed by atoms with E-state index in [4.69, 9.17) is 9.97 Å². The Kier molecular flexibility index (Phi) is 15.9. The van der Waals surface area contributed by atoms with E-state index >= 15 is 0 Å². The third-order valence-corrected chi connectivity index (χ3v) is 8.89. The summed E-state index contributed by atoms with van der Waals surface area (Å²) in [4.78, 5) is 37.2. The van der Waals surface area contributed by atoms with Gasteiger partial charge in [0.1, 0.15) is 12.7 Å². The summed E-state index contributed by atoms with van der Waals surface area (Å²) in [6.07, 6.45) is 33.5. The van der Waals surface area contributed by atoms with Gasteiger partial charge in [-0.2, -0.15) is 0 Å². The maximum atomic E-state index is 11.9. The molecule has 0 aliphatic heterocycles. The van der Waals surface area contributed by atoms with Gasteiger partial charge >= 0.3 is 0 Å². The number of hydrogen-bond acceptors (Lipinski definition) is 8. The Morgan fingerprint density at radius 1 is 0.673 bits per heavy atom. The molecule has 8 heteroatoms. The molecule has 1 atom stereocenters. The molecule has 0 aromatic carbocycles. The number of unbranched alkanes of at least 4 members (excludes halogenated alkanes) is 2. The van der Waals surface area contributed by atoms with Crippen LogP contribution in [0.25, 0.3) is 12.2 Å². The number of nitrogens with zero attached hydrogens (tertiary/aromatic N) is 6. The molecule has 2 aliphatic carbocycles. The van der Waals surface area contributed by atoms with Gasteiger partial charge in [0.15, 0.2) is 5.78 Å². The van der Waals surface area contributed by atoms with Crippen molar-refractivity contribution in [2.45, 2.75) is 116 Å². The first-order valence-corrected chi connectivity index (χ1v) is 17.6. The van der Waals surface area contributed by atoms with Crippen LogP contribution in [0.4, 0.5) is 0 Å². The van der Waals surface area contributed by atoms with Crippen LogP contribution in [0.15, 0.2) is 73.9 Å². The van der Waals surface area contributed by atoms with Gasteiger partial charge < -0.3 is 5.11 Å². The van der Waals surface area contributed by atoms with Crippen molar-refractivity contribution in [3.8, 4) is 0 Å². The molecule has 4 aromatic heterocycles. The van der Waals surface area contributed by atoms with Crippen LogP contribution in [0.2, 0.25) is 0 Å². The number of carbonyl (C=O) groups is 1. The molecule has 258 valence electrons. The molecular formula is C41H52N6O2. The zero-order chi connectivity index (χ0) is 33.2. The van der Waals surface area contributed by atoms with E-state index in [0.29, 0.717) is 6.42 Å². The number of fused-ring (bicyclic) bond motifs is 2. The number of hydrogen-bond donors (Lipinski definition) is 1. The van der Waals surface area contributed by atoms with E-state index in [0.717, 1.165) is 68.9 Å². The first-order valence-electron chi connectivity index (χ1n) is 17.6. The van der Waals surface area contributed by atoms with E-state index < -0.39 is 6.10 Å². The molecule has 0 saturated carbocycles. The molecule has 0 radical (unpaired) electrons. The highest BCUT2D eigenvalue weighted by molar-refractivity contribution is 5.93. The fourth-order valence-electron chi connectivity index (χ4n) is 6.18. The van der Waals surface area contributed by atoms with Crippen LogP contribution in [0.5, 0.6) is 0 Å². The summed E-state index contributed by atoms with van der Waals surface area (Å²) in [6, 6.07) is 8.83. The van der Waals surface area contributed by atoms with Gasteiger partial charge in [-0.15, -0.1) is 0 Å². The first-order chi connectivity index (χ1) is 23.6. The lowest BCUT2D eigenvalue weighted by atomic mass is 9.95. The molecule has 0 bridgehead atoms. The van der Waals surface area contributed by atoms with Gasteiger partial charge in [-0.3, -0.25) is 14.8 Å². The molecule has 0 fully saturated rings. The average molecular weight is 661 g/mol. The Morgan fingerprint density at radius 3 is 1.76 bits per heavy atom. The standard InChI is InChI=1S/C20H25N3O.C20H23N3O.CH4/c2*24-19(12-9-16-13-21-15-22-14-16)7-3-2-6-18-11-10-17-5-1-4-8-20(17)23-18;/h9-15,19,24H,1-8H2;9-15H,1-8H2;1H4/b2*12-9+;/t19-;;/m1../s1. The largest absolute Gasteiger partial charge is 0.389 e. The maximum absolute atomic E-state index is 11.9. The van der Waals surface area contributed by atoms with Gasteiger partial charge in [-0.25, -0.2) is 19.9 Å². The fourth-order valence-corrected chi connectivity index (χ4v) is 6.18. The number of aliphatic hydroxyl groups is 1. The molecule has 0 spiro atoms. The van der Waals surface area contributed by atoms with Crippen LogP contribution < -0.4 is 0 Å². The second kappa shape index (κ2) is 20.8. The number of aromatic nitrogens is 6. The van der Waals surface area contributed by atoms with E-state index in [-0.39, 0.29) is 13.2 Å². The predicted molar refractivity (Wildman–Crippen MR) is 197 cm³/mol. The Hall–Kier alpha value is -4.43. The van der Waals surface area contributed by atoms with E-state index in [1.54, 1.807) is 36.9 Å². The third-order valence-electron chi connectivity index (χ3n) is 8.89. The van der Waals surface area contributed by atoms with Crippen molar-refractivity contribution >= 4 is 17.9 Å². The molecule has 2 aliphatic rings. The monoisotopic (exact) mass is 660 g/mol. The molecule has 4 aromatic rings. The van der Waals surface area contributed by atoms with Crippen molar-refractivity contribution in [2.24, 2.45) is 0 Å². The zero-order valence-corrected chi connectivity index (χ0v) is 28.0. The SMILES string of the molecule is C.O=C(/C=C/c1cncnc1)CCCCc1ccc2c(n1)CCCC2.O[C@@H](/C=C/c1cncnc1)CCCCc1ccc2c(n1)CCCC2. The number of pyridine rings is 2. The fraction of sp³-hybridized carbons (Fsp3) is 0.439. The van der Waals surface area contributed by atoms with E-state index in [9.17, 15) is 9.90 Å². The number of aliphatic hydroxyl groups excluding tert-OH is 1. The van der Waals surface area contributed by atoms with E-state index in [1.165, 1.54) is 85.1 Å². The Balaban J connectivity index is 0.000000216. The number of aryl methyl sites for hydroxylation is 6. The lowest BCUT2D eigenvalue weighted by Gasteiger charge is -2.15. The van der Waals surface area contributed by atoms with Crippen molar-refractivity contribution in [1.29, 1.82) is 0 Å². The number of rotatable bonds is 14. The lowest BCUT2D eigenvalue weighted by molar-refractivity contribution is -0.114. The predicted octanol–water partition coefficient (Wildman–Crippen LogP) is 7.92. The summed E-state index contributed by atoms with van der Waals surface area (Å²) in [5.74, 6) is 0.150. The molecule has 0 saturated heterocycles. The molecular weight excluding hydrogens is 608 g/mol. The molecule has 1 N–H and O–H groups in total. The zero-order valence-electron chi connectivity index (χ0n) is 28.0. The Morgan fingerprint density at radius 2 is 1.18 bits per heavy atom. The summed E-state index contributed by atoms with van der Waals surface area (Å²) >= 11 is 0. The first kappa shape index (κ1) is 37.4. The van der Waals surface area contributed by atoms with Gasteiger partial charge in [0.25, 0.3) is 0 Å². The van der Waals surface area contributed by atoms with E-state index in [2.05, 4.69) is 44.2 Å². The molecule has 8 nitrogen and oxygen atoms in total. The highest BCUT2D eigenvalue weighted by Crippen LogP contribution is 2.21. The van der Waals surface area contributed by atoms with Crippen molar-refractivity contribution in [3.05, 3.63) is 119 Å². The van der Waals surface area contributed by atoms with Crippen LogP contribution in [0.1, 0.15) is 117 Å². The summed E-state index contributed by atoms with van der Waals surface area (Å²) in [6.45, 7) is 0. The van der Waals surface area contributed by atoms with Gasteiger partial charge in [-0.1, -0.05) is 38.1 Å². The summed E-state index contributed by atoms with van der Waals surface area (Å²) < 4.78 is 0. The molecule has 6 rings (SSSR count). The maximum Gasteiger partial charge on any atom is 0.155 e. The van der Waals surface area contributed by atoms with Crippen molar-refractivity contribution in [1.82, 2.24) is 29.9 Å². The van der Waals surface area contributed by atoms with Crippen molar-refractivity contribution in [2.75, 3.05) is 0 Å². The lowest BCUT2D eigenvalue weighted by Crippen LogP contribution is -2.07. The smallest absolute Gasteiger partial charge is 0.155 e. The Bertz CT molecular complexity index is 1620. The summed E-state index contributed by atoms with van der Waals surface area (Å²) in [7, 11) is 0. The van der Waals surface area contributed by atoms with Crippen molar-refractivity contribution < 1.29 is 9.90 Å². The quantitative estimate of drug-likeness (QED) is 0.107. The van der Waals surface area contributed by atoms with Crippen LogP contribution in [0.3, 0.4) is 0 Å². The summed E-state index contributed by atoms with van der Waals surface area (Å²) in [5, 5.41) is 10.0. The molecule has 0 amide bonds. The molecule has 49 heavy (non-hydrogen) atoms. The minimum absolute atomic E-state index is 0. The average Bonchev–Trinajstić information content (AvgIpc) is 3.14. The number of ketones is 1. The van der Waals surface area contributed by atoms with Crippen LogP contribution >= 0.6 is 0 Å². The highest BCUT2D eigenvalue weighted by atomic mass is 16.3. The third kappa shape index (κ3) is 13.2. The van der Waals surface area contributed by atoms with Gasteiger partial charge in [0.05, 0.1) is 6.10 Å². The minimum atomic E-state index is -0.415. The van der Waals surface area contributed by atoms with E-state index in [1.807, 2.05) is 12.2 Å². The van der Waals surface area contributed by atoms with Gasteiger partial charge in [-0.05, 0) is 125 Å². The van der Waals surface area contributed by atoms with Crippen LogP contribution in [-0.4, -0.2) is 46.9 Å². The minimum Gasteiger partial charge on any atom is -0.389 e. The second-order valence-electron chi connectivity index (χ2n) is 12.8. The molecule has 0 unspecified atom stereocenters. The van der Waals surface area contributed by atoms with Crippen LogP contribution in [-0.2, 0) is 43.3 Å². The van der Waals surface area contributed by atoms with Crippen molar-refractivity contribution in [3.63, 3.8) is 0 Å². The normalized spacial score (nSPS) is 14.3. The number of carbonyl (C=O) groups excluding carboxylic acids is 1. The topological polar surface area (TPSA) is 115 Å². The summed E-state index contributed by atoms with van der Waals surface area (Å²) in [5.41, 5.74) is 9.60. The molecule has 4 heterocycles. The van der Waals surface area contributed by atoms with Gasteiger partial charge in [0.2, 0.25) is 0 Å². The second-order valence-corrected chi connectivity index (χ2v) is 12.8. The Labute approximate surface area is 292 Å². The van der Waals surface area contributed by atoms with Crippen LogP contribution in [0, 0.1) is 0 Å². The number of allylic oxidation sites excluding steroid dienone is 1. The van der Waals surface area contributed by atoms with Gasteiger partial charge in [0, 0.05) is 65.1 Å². The highest BCUT2D eigenvalue weighted by Gasteiger charge is 2.12.